The molecular weight excluding hydrogens is 250 g/mol. The van der Waals surface area contributed by atoms with Gasteiger partial charge in [-0.2, -0.15) is 0 Å². The fourth-order valence-electron chi connectivity index (χ4n) is 1.64. The SMILES string of the molecule is CC(N)C1=Cc2cc(Cl)c(F)cc2NC1Cl. The van der Waals surface area contributed by atoms with E-state index in [1.165, 1.54) is 6.07 Å². The van der Waals surface area contributed by atoms with Crippen LogP contribution in [0.25, 0.3) is 6.08 Å². The van der Waals surface area contributed by atoms with E-state index in [0.29, 0.717) is 5.69 Å². The van der Waals surface area contributed by atoms with Gasteiger partial charge in [0.05, 0.1) is 5.02 Å². The summed E-state index contributed by atoms with van der Waals surface area (Å²) < 4.78 is 13.2. The molecule has 0 saturated carbocycles. The molecule has 1 aliphatic rings. The molecule has 2 atom stereocenters. The van der Waals surface area contributed by atoms with E-state index in [-0.39, 0.29) is 11.1 Å². The van der Waals surface area contributed by atoms with Crippen molar-refractivity contribution >= 4 is 35.0 Å². The van der Waals surface area contributed by atoms with Crippen LogP contribution in [0.2, 0.25) is 5.02 Å². The predicted molar refractivity (Wildman–Crippen MR) is 66.3 cm³/mol. The smallest absolute Gasteiger partial charge is 0.143 e. The molecule has 16 heavy (non-hydrogen) atoms. The summed E-state index contributed by atoms with van der Waals surface area (Å²) in [5.41, 5.74) is 7.66. The highest BCUT2D eigenvalue weighted by Gasteiger charge is 2.22. The van der Waals surface area contributed by atoms with Gasteiger partial charge in [-0.05, 0) is 36.3 Å². The van der Waals surface area contributed by atoms with Crippen LogP contribution in [0, 0.1) is 5.82 Å². The number of nitrogens with one attached hydrogen (secondary N) is 1. The van der Waals surface area contributed by atoms with Crippen molar-refractivity contribution in [1.82, 2.24) is 0 Å². The zero-order valence-electron chi connectivity index (χ0n) is 8.60. The molecule has 5 heteroatoms. The third-order valence-corrected chi connectivity index (χ3v) is 3.17. The molecule has 2 rings (SSSR count). The second kappa shape index (κ2) is 4.24. The Labute approximate surface area is 103 Å². The van der Waals surface area contributed by atoms with Crippen LogP contribution >= 0.6 is 23.2 Å². The van der Waals surface area contributed by atoms with Crippen LogP contribution in [0.3, 0.4) is 0 Å². The van der Waals surface area contributed by atoms with Gasteiger partial charge in [-0.15, -0.1) is 0 Å². The van der Waals surface area contributed by atoms with E-state index in [0.717, 1.165) is 11.1 Å². The van der Waals surface area contributed by atoms with Gasteiger partial charge in [-0.1, -0.05) is 23.2 Å². The lowest BCUT2D eigenvalue weighted by Crippen LogP contribution is -2.30. The first kappa shape index (κ1) is 11.7. The quantitative estimate of drug-likeness (QED) is 0.601. The predicted octanol–water partition coefficient (Wildman–Crippen LogP) is 3.20. The number of alkyl halides is 1. The van der Waals surface area contributed by atoms with Crippen LogP contribution in [-0.4, -0.2) is 11.5 Å². The Bertz CT molecular complexity index is 458. The van der Waals surface area contributed by atoms with Crippen molar-refractivity contribution in [2.75, 3.05) is 5.32 Å². The Kier molecular flexibility index (Phi) is 3.10. The molecule has 86 valence electrons. The van der Waals surface area contributed by atoms with Crippen molar-refractivity contribution in [2.45, 2.75) is 18.5 Å². The Morgan fingerprint density at radius 1 is 1.50 bits per heavy atom. The molecule has 2 unspecified atom stereocenters. The molecular formula is C11H11Cl2FN2. The number of nitrogens with two attached hydrogens (primary N) is 1. The average molecular weight is 261 g/mol. The Balaban J connectivity index is 2.51. The minimum absolute atomic E-state index is 0.0915. The minimum atomic E-state index is -0.463. The summed E-state index contributed by atoms with van der Waals surface area (Å²) >= 11 is 11.8. The van der Waals surface area contributed by atoms with E-state index < -0.39 is 11.3 Å². The second-order valence-corrected chi connectivity index (χ2v) is 4.64. The highest BCUT2D eigenvalue weighted by atomic mass is 35.5. The molecule has 0 spiro atoms. The van der Waals surface area contributed by atoms with Gasteiger partial charge in [0.25, 0.3) is 0 Å². The lowest BCUT2D eigenvalue weighted by molar-refractivity contribution is 0.628. The molecule has 1 aromatic carbocycles. The lowest BCUT2D eigenvalue weighted by atomic mass is 10.00. The molecule has 0 radical (unpaired) electrons. The van der Waals surface area contributed by atoms with Gasteiger partial charge in [0.1, 0.15) is 11.3 Å². The van der Waals surface area contributed by atoms with E-state index in [1.54, 1.807) is 6.07 Å². The van der Waals surface area contributed by atoms with Crippen LogP contribution in [0.15, 0.2) is 17.7 Å². The van der Waals surface area contributed by atoms with Gasteiger partial charge < -0.3 is 11.1 Å². The fraction of sp³-hybridized carbons (Fsp3) is 0.273. The Morgan fingerprint density at radius 2 is 2.19 bits per heavy atom. The normalized spacial score (nSPS) is 20.8. The molecule has 0 amide bonds. The van der Waals surface area contributed by atoms with Crippen LogP contribution in [0.1, 0.15) is 12.5 Å². The summed E-state index contributed by atoms with van der Waals surface area (Å²) in [6.07, 6.45) is 1.85. The van der Waals surface area contributed by atoms with Gasteiger partial charge in [0.2, 0.25) is 0 Å². The minimum Gasteiger partial charge on any atom is -0.365 e. The summed E-state index contributed by atoms with van der Waals surface area (Å²) in [5, 5.41) is 3.07. The highest BCUT2D eigenvalue weighted by Crippen LogP contribution is 2.33. The first-order valence-corrected chi connectivity index (χ1v) is 5.67. The molecule has 3 N–H and O–H groups in total. The van der Waals surface area contributed by atoms with Crippen molar-refractivity contribution in [3.8, 4) is 0 Å². The maximum Gasteiger partial charge on any atom is 0.143 e. The Morgan fingerprint density at radius 3 is 2.81 bits per heavy atom. The summed E-state index contributed by atoms with van der Waals surface area (Å²) in [6.45, 7) is 1.85. The average Bonchev–Trinajstić information content (AvgIpc) is 2.19. The third kappa shape index (κ3) is 2.03. The summed E-state index contributed by atoms with van der Waals surface area (Å²) in [6, 6.07) is 2.73. The molecule has 0 bridgehead atoms. The van der Waals surface area contributed by atoms with E-state index in [2.05, 4.69) is 5.32 Å². The van der Waals surface area contributed by atoms with Gasteiger partial charge in [-0.3, -0.25) is 0 Å². The maximum absolute atomic E-state index is 13.2. The second-order valence-electron chi connectivity index (χ2n) is 3.79. The van der Waals surface area contributed by atoms with E-state index in [4.69, 9.17) is 28.9 Å². The molecule has 1 aromatic rings. The van der Waals surface area contributed by atoms with Gasteiger partial charge in [0, 0.05) is 11.7 Å². The van der Waals surface area contributed by atoms with Gasteiger partial charge >= 0.3 is 0 Å². The van der Waals surface area contributed by atoms with Crippen molar-refractivity contribution in [1.29, 1.82) is 0 Å². The van der Waals surface area contributed by atoms with Crippen molar-refractivity contribution in [3.63, 3.8) is 0 Å². The lowest BCUT2D eigenvalue weighted by Gasteiger charge is -2.26. The molecule has 1 heterocycles. The van der Waals surface area contributed by atoms with Crippen LogP contribution in [0.4, 0.5) is 10.1 Å². The van der Waals surface area contributed by atoms with Gasteiger partial charge in [-0.25, -0.2) is 4.39 Å². The monoisotopic (exact) mass is 260 g/mol. The summed E-state index contributed by atoms with van der Waals surface area (Å²) in [7, 11) is 0. The topological polar surface area (TPSA) is 38.0 Å². The summed E-state index contributed by atoms with van der Waals surface area (Å²) in [4.78, 5) is 0. The zero-order chi connectivity index (χ0) is 11.9. The highest BCUT2D eigenvalue weighted by molar-refractivity contribution is 6.31. The van der Waals surface area contributed by atoms with E-state index in [9.17, 15) is 4.39 Å². The fourth-order valence-corrected chi connectivity index (χ4v) is 2.19. The number of hydrogen-bond acceptors (Lipinski definition) is 2. The largest absolute Gasteiger partial charge is 0.365 e. The third-order valence-electron chi connectivity index (χ3n) is 2.52. The Hall–Kier alpha value is -0.770. The number of hydrogen-bond donors (Lipinski definition) is 2. The summed E-state index contributed by atoms with van der Waals surface area (Å²) in [5.74, 6) is -0.463. The number of anilines is 1. The first-order valence-electron chi connectivity index (χ1n) is 4.85. The molecule has 0 aromatic heterocycles. The van der Waals surface area contributed by atoms with E-state index in [1.807, 2.05) is 13.0 Å². The van der Waals surface area contributed by atoms with Crippen molar-refractivity contribution in [2.24, 2.45) is 5.73 Å². The molecule has 0 aliphatic carbocycles. The van der Waals surface area contributed by atoms with Crippen LogP contribution in [0.5, 0.6) is 0 Å². The first-order chi connectivity index (χ1) is 7.49. The zero-order valence-corrected chi connectivity index (χ0v) is 10.1. The maximum atomic E-state index is 13.2. The molecule has 0 fully saturated rings. The number of fused-ring (bicyclic) bond motifs is 1. The molecule has 2 nitrogen and oxygen atoms in total. The standard InChI is InChI=1S/C11H11Cl2FN2/c1-5(15)7-2-6-3-8(12)9(14)4-10(6)16-11(7)13/h2-5,11,16H,15H2,1H3. The molecule has 1 aliphatic heterocycles. The van der Waals surface area contributed by atoms with Crippen LogP contribution < -0.4 is 11.1 Å². The van der Waals surface area contributed by atoms with Gasteiger partial charge in [0.15, 0.2) is 0 Å². The van der Waals surface area contributed by atoms with E-state index >= 15 is 0 Å². The van der Waals surface area contributed by atoms with Crippen molar-refractivity contribution < 1.29 is 4.39 Å². The number of rotatable bonds is 1. The van der Waals surface area contributed by atoms with Crippen molar-refractivity contribution in [3.05, 3.63) is 34.1 Å². The number of halogens is 3. The number of benzene rings is 1. The molecule has 0 saturated heterocycles. The van der Waals surface area contributed by atoms with Crippen LogP contribution in [-0.2, 0) is 0 Å².